The van der Waals surface area contributed by atoms with E-state index in [0.717, 1.165) is 37.1 Å². The first kappa shape index (κ1) is 36.0. The summed E-state index contributed by atoms with van der Waals surface area (Å²) in [6, 6.07) is 11.7. The van der Waals surface area contributed by atoms with E-state index in [1.807, 2.05) is 18.2 Å². The number of benzene rings is 2. The van der Waals surface area contributed by atoms with E-state index in [9.17, 15) is 22.8 Å². The van der Waals surface area contributed by atoms with Gasteiger partial charge in [-0.2, -0.15) is 4.31 Å². The van der Waals surface area contributed by atoms with Gasteiger partial charge in [0.1, 0.15) is 6.04 Å². The molecule has 17 heteroatoms. The molecule has 1 unspecified atom stereocenters. The summed E-state index contributed by atoms with van der Waals surface area (Å²) in [7, 11) is -3.72. The van der Waals surface area contributed by atoms with Crippen molar-refractivity contribution >= 4 is 50.5 Å². The lowest BCUT2D eigenvalue weighted by molar-refractivity contribution is -0.135. The van der Waals surface area contributed by atoms with Crippen LogP contribution in [-0.4, -0.2) is 86.2 Å². The van der Waals surface area contributed by atoms with E-state index in [4.69, 9.17) is 16.0 Å². The minimum absolute atomic E-state index is 0.0493. The highest BCUT2D eigenvalue weighted by Gasteiger charge is 2.33. The van der Waals surface area contributed by atoms with Gasteiger partial charge in [0.25, 0.3) is 0 Å². The van der Waals surface area contributed by atoms with Crippen LogP contribution >= 0.6 is 11.6 Å². The number of para-hydroxylation sites is 1. The average Bonchev–Trinajstić information content (AvgIpc) is 3.52. The van der Waals surface area contributed by atoms with Gasteiger partial charge in [-0.05, 0) is 69.3 Å². The molecule has 2 aromatic carbocycles. The third kappa shape index (κ3) is 7.38. The number of rotatable bonds is 9. The molecular formula is C37H38ClN9O6S. The highest BCUT2D eigenvalue weighted by atomic mass is 35.5. The molecule has 15 nitrogen and oxygen atoms in total. The number of piperidine rings is 3. The Morgan fingerprint density at radius 2 is 1.59 bits per heavy atom. The Balaban J connectivity index is 0.873. The summed E-state index contributed by atoms with van der Waals surface area (Å²) >= 11 is 5.87. The first-order valence-electron chi connectivity index (χ1n) is 18.0. The molecular weight excluding hydrogens is 734 g/mol. The lowest BCUT2D eigenvalue weighted by atomic mass is 9.88. The van der Waals surface area contributed by atoms with Gasteiger partial charge in [0, 0.05) is 61.2 Å². The fraction of sp³-hybridized carbons (Fsp3) is 0.378. The van der Waals surface area contributed by atoms with Crippen molar-refractivity contribution in [2.75, 3.05) is 31.5 Å². The molecule has 0 bridgehead atoms. The van der Waals surface area contributed by atoms with E-state index in [-0.39, 0.29) is 35.6 Å². The van der Waals surface area contributed by atoms with Crippen LogP contribution in [0.2, 0.25) is 5.02 Å². The topological polar surface area (TPSA) is 186 Å². The molecule has 6 heterocycles. The fourth-order valence-electron chi connectivity index (χ4n) is 7.62. The molecule has 3 aliphatic heterocycles. The standard InChI is InChI=1S/C37H38ClN9O6S/c38-26-20-41-36(42-21-26)43-27-11-15-46(16-12-27)54(51,52)28-4-1-3-25(17-28)34-39-18-23(19-40-34)22-45-13-9-24(10-14-45)29-5-2-6-30-33(29)53-37(50)47(30)31-7-8-32(48)44-35(31)49/h1-6,17-21,24,27,31H,7-16,22H2,(H,41,42,43)(H,44,48,49). The van der Waals surface area contributed by atoms with Crippen LogP contribution in [0.3, 0.4) is 0 Å². The van der Waals surface area contributed by atoms with Gasteiger partial charge < -0.3 is 9.73 Å². The molecule has 5 aromatic rings. The number of nitrogens with one attached hydrogen (secondary N) is 2. The summed E-state index contributed by atoms with van der Waals surface area (Å²) in [5.74, 6) is -0.352. The van der Waals surface area contributed by atoms with E-state index in [1.165, 1.54) is 21.3 Å². The molecule has 1 atom stereocenters. The number of anilines is 1. The first-order chi connectivity index (χ1) is 26.1. The average molecular weight is 772 g/mol. The molecule has 280 valence electrons. The maximum absolute atomic E-state index is 13.6. The van der Waals surface area contributed by atoms with Gasteiger partial charge in [-0.3, -0.25) is 24.4 Å². The van der Waals surface area contributed by atoms with Crippen LogP contribution in [0, 0.1) is 0 Å². The summed E-state index contributed by atoms with van der Waals surface area (Å²) in [4.78, 5) is 57.2. The minimum Gasteiger partial charge on any atom is -0.407 e. The lowest BCUT2D eigenvalue weighted by Crippen LogP contribution is -2.43. The van der Waals surface area contributed by atoms with Crippen LogP contribution < -0.4 is 16.4 Å². The molecule has 3 fully saturated rings. The summed E-state index contributed by atoms with van der Waals surface area (Å²) in [5, 5.41) is 6.03. The first-order valence-corrected chi connectivity index (χ1v) is 19.8. The predicted molar refractivity (Wildman–Crippen MR) is 199 cm³/mol. The van der Waals surface area contributed by atoms with Crippen molar-refractivity contribution in [1.82, 2.24) is 39.0 Å². The van der Waals surface area contributed by atoms with Gasteiger partial charge in [0.05, 0.1) is 27.8 Å². The predicted octanol–water partition coefficient (Wildman–Crippen LogP) is 4.12. The van der Waals surface area contributed by atoms with E-state index in [1.54, 1.807) is 36.7 Å². The van der Waals surface area contributed by atoms with Crippen molar-refractivity contribution in [3.05, 3.63) is 94.0 Å². The summed E-state index contributed by atoms with van der Waals surface area (Å²) < 4.78 is 35.8. The SMILES string of the molecule is O=C1CCC(n2c(=O)oc3c(C4CCN(Cc5cnc(-c6cccc(S(=O)(=O)N7CCC(Nc8ncc(Cl)cn8)CC7)c6)nc5)CC4)cccc32)C(=O)N1. The van der Waals surface area contributed by atoms with Crippen molar-refractivity contribution in [1.29, 1.82) is 0 Å². The van der Waals surface area contributed by atoms with E-state index in [0.29, 0.717) is 65.9 Å². The summed E-state index contributed by atoms with van der Waals surface area (Å²) in [5.41, 5.74) is 3.56. The molecule has 0 saturated carbocycles. The third-order valence-corrected chi connectivity index (χ3v) is 12.6. The lowest BCUT2D eigenvalue weighted by Gasteiger charge is -2.32. The second-order valence-corrected chi connectivity index (χ2v) is 16.3. The number of nitrogens with zero attached hydrogens (tertiary/aromatic N) is 7. The van der Waals surface area contributed by atoms with Crippen molar-refractivity contribution in [3.8, 4) is 11.4 Å². The second kappa shape index (κ2) is 15.0. The molecule has 2 N–H and O–H groups in total. The van der Waals surface area contributed by atoms with E-state index >= 15 is 0 Å². The van der Waals surface area contributed by atoms with Crippen LogP contribution in [-0.2, 0) is 26.2 Å². The fourth-order valence-corrected chi connectivity index (χ4v) is 9.24. The highest BCUT2D eigenvalue weighted by Crippen LogP contribution is 2.35. The largest absolute Gasteiger partial charge is 0.420 e. The van der Waals surface area contributed by atoms with Crippen LogP contribution in [0.15, 0.2) is 81.4 Å². The number of likely N-dealkylation sites (tertiary alicyclic amines) is 1. The summed E-state index contributed by atoms with van der Waals surface area (Å²) in [6.07, 6.45) is 9.94. The Labute approximate surface area is 315 Å². The minimum atomic E-state index is -3.72. The zero-order valence-corrected chi connectivity index (χ0v) is 30.8. The van der Waals surface area contributed by atoms with Gasteiger partial charge in [0.2, 0.25) is 27.8 Å². The number of hydrogen-bond donors (Lipinski definition) is 2. The van der Waals surface area contributed by atoms with Crippen LogP contribution in [0.1, 0.15) is 61.6 Å². The number of fused-ring (bicyclic) bond motifs is 1. The van der Waals surface area contributed by atoms with E-state index in [2.05, 4.69) is 35.5 Å². The Morgan fingerprint density at radius 1 is 0.870 bits per heavy atom. The summed E-state index contributed by atoms with van der Waals surface area (Å²) in [6.45, 7) is 3.00. The van der Waals surface area contributed by atoms with Crippen LogP contribution in [0.5, 0.6) is 0 Å². The Hall–Kier alpha value is -5.03. The highest BCUT2D eigenvalue weighted by molar-refractivity contribution is 7.89. The molecule has 8 rings (SSSR count). The third-order valence-electron chi connectivity index (χ3n) is 10.5. The number of imide groups is 1. The van der Waals surface area contributed by atoms with Crippen molar-refractivity contribution in [2.24, 2.45) is 0 Å². The monoisotopic (exact) mass is 771 g/mol. The number of halogens is 1. The molecule has 54 heavy (non-hydrogen) atoms. The van der Waals surface area contributed by atoms with Crippen molar-refractivity contribution < 1.29 is 22.4 Å². The molecule has 0 aliphatic carbocycles. The molecule has 2 amide bonds. The number of carbonyl (C=O) groups is 2. The second-order valence-electron chi connectivity index (χ2n) is 13.9. The van der Waals surface area contributed by atoms with Gasteiger partial charge >= 0.3 is 5.76 Å². The number of amides is 2. The number of aromatic nitrogens is 5. The van der Waals surface area contributed by atoms with Crippen molar-refractivity contribution in [3.63, 3.8) is 0 Å². The van der Waals surface area contributed by atoms with E-state index < -0.39 is 27.7 Å². The maximum atomic E-state index is 13.6. The molecule has 0 spiro atoms. The van der Waals surface area contributed by atoms with Gasteiger partial charge in [-0.25, -0.2) is 33.1 Å². The Bertz CT molecular complexity index is 2350. The number of sulfonamides is 1. The number of carbonyl (C=O) groups excluding carboxylic acids is 2. The van der Waals surface area contributed by atoms with Gasteiger partial charge in [-0.1, -0.05) is 35.9 Å². The van der Waals surface area contributed by atoms with Gasteiger partial charge in [-0.15, -0.1) is 0 Å². The molecule has 3 saturated heterocycles. The van der Waals surface area contributed by atoms with Crippen LogP contribution in [0.25, 0.3) is 22.5 Å². The Kier molecular flexibility index (Phi) is 10.00. The maximum Gasteiger partial charge on any atom is 0.420 e. The normalized spacial score (nSPS) is 19.6. The molecule has 0 radical (unpaired) electrons. The number of oxazole rings is 1. The number of hydrogen-bond acceptors (Lipinski definition) is 12. The molecule has 3 aliphatic rings. The molecule has 3 aromatic heterocycles. The quantitative estimate of drug-likeness (QED) is 0.205. The zero-order valence-electron chi connectivity index (χ0n) is 29.2. The zero-order chi connectivity index (χ0) is 37.4. The van der Waals surface area contributed by atoms with Crippen LogP contribution in [0.4, 0.5) is 5.95 Å². The Morgan fingerprint density at radius 3 is 2.31 bits per heavy atom. The smallest absolute Gasteiger partial charge is 0.407 e. The van der Waals surface area contributed by atoms with Crippen molar-refractivity contribution in [2.45, 2.75) is 68.0 Å². The van der Waals surface area contributed by atoms with Gasteiger partial charge in [0.15, 0.2) is 11.4 Å².